The Morgan fingerprint density at radius 3 is 2.29 bits per heavy atom. The van der Waals surface area contributed by atoms with E-state index in [4.69, 9.17) is 0 Å². The third kappa shape index (κ3) is 3.76. The molecule has 0 aliphatic rings. The Kier molecular flexibility index (Phi) is 4.96. The van der Waals surface area contributed by atoms with Gasteiger partial charge in [-0.05, 0) is 30.3 Å². The van der Waals surface area contributed by atoms with E-state index in [1.165, 1.54) is 62.6 Å². The highest BCUT2D eigenvalue weighted by molar-refractivity contribution is 7.89. The zero-order valence-electron chi connectivity index (χ0n) is 13.0. The van der Waals surface area contributed by atoms with E-state index >= 15 is 0 Å². The van der Waals surface area contributed by atoms with Gasteiger partial charge in [-0.15, -0.1) is 0 Å². The molecule has 0 atom stereocenters. The van der Waals surface area contributed by atoms with Crippen molar-refractivity contribution in [2.24, 2.45) is 0 Å². The minimum absolute atomic E-state index is 0.0980. The van der Waals surface area contributed by atoms with Crippen LogP contribution in [0.25, 0.3) is 0 Å². The SMILES string of the molecule is CN(C)S(=O)(=O)c1ccc(NC(=O)c2cccc([N+](=O)[O-])c2)cc1. The quantitative estimate of drug-likeness (QED) is 0.656. The number of nitrogens with one attached hydrogen (secondary N) is 1. The van der Waals surface area contributed by atoms with Crippen molar-refractivity contribution in [2.75, 3.05) is 19.4 Å². The van der Waals surface area contributed by atoms with E-state index in [0.717, 1.165) is 4.31 Å². The summed E-state index contributed by atoms with van der Waals surface area (Å²) in [6.07, 6.45) is 0. The number of rotatable bonds is 5. The Bertz CT molecular complexity index is 876. The van der Waals surface area contributed by atoms with Crippen LogP contribution in [-0.4, -0.2) is 37.6 Å². The molecule has 0 spiro atoms. The normalized spacial score (nSPS) is 11.3. The number of nitro groups is 1. The van der Waals surface area contributed by atoms with Gasteiger partial charge in [0, 0.05) is 37.5 Å². The monoisotopic (exact) mass is 349 g/mol. The van der Waals surface area contributed by atoms with Crippen molar-refractivity contribution in [1.29, 1.82) is 0 Å². The van der Waals surface area contributed by atoms with Gasteiger partial charge in [0.1, 0.15) is 0 Å². The number of nitrogens with zero attached hydrogens (tertiary/aromatic N) is 2. The van der Waals surface area contributed by atoms with Gasteiger partial charge in [-0.2, -0.15) is 0 Å². The van der Waals surface area contributed by atoms with E-state index in [0.29, 0.717) is 5.69 Å². The predicted molar refractivity (Wildman–Crippen MR) is 88.4 cm³/mol. The fourth-order valence-corrected chi connectivity index (χ4v) is 2.79. The van der Waals surface area contributed by atoms with Gasteiger partial charge in [0.15, 0.2) is 0 Å². The third-order valence-electron chi connectivity index (χ3n) is 3.21. The number of hydrogen-bond acceptors (Lipinski definition) is 5. The second kappa shape index (κ2) is 6.77. The minimum Gasteiger partial charge on any atom is -0.322 e. The van der Waals surface area contributed by atoms with Crippen LogP contribution in [0.1, 0.15) is 10.4 Å². The van der Waals surface area contributed by atoms with Crippen LogP contribution in [0.2, 0.25) is 0 Å². The van der Waals surface area contributed by atoms with Crippen LogP contribution in [0.3, 0.4) is 0 Å². The summed E-state index contributed by atoms with van der Waals surface area (Å²) in [5.41, 5.74) is 0.327. The zero-order chi connectivity index (χ0) is 17.9. The highest BCUT2D eigenvalue weighted by atomic mass is 32.2. The first-order valence-electron chi connectivity index (χ1n) is 6.80. The van der Waals surface area contributed by atoms with Crippen molar-refractivity contribution in [3.63, 3.8) is 0 Å². The summed E-state index contributed by atoms with van der Waals surface area (Å²) in [6.45, 7) is 0. The number of benzene rings is 2. The van der Waals surface area contributed by atoms with Crippen LogP contribution in [0.4, 0.5) is 11.4 Å². The average Bonchev–Trinajstić information content (AvgIpc) is 2.55. The Balaban J connectivity index is 2.18. The van der Waals surface area contributed by atoms with Crippen LogP contribution < -0.4 is 5.32 Å². The highest BCUT2D eigenvalue weighted by Gasteiger charge is 2.17. The van der Waals surface area contributed by atoms with Gasteiger partial charge >= 0.3 is 0 Å². The van der Waals surface area contributed by atoms with E-state index in [9.17, 15) is 23.3 Å². The molecule has 1 amide bonds. The molecule has 9 heteroatoms. The second-order valence-electron chi connectivity index (χ2n) is 5.07. The minimum atomic E-state index is -3.54. The first-order chi connectivity index (χ1) is 11.2. The Labute approximate surface area is 138 Å². The van der Waals surface area contributed by atoms with E-state index in [1.54, 1.807) is 0 Å². The Morgan fingerprint density at radius 1 is 1.12 bits per heavy atom. The van der Waals surface area contributed by atoms with Gasteiger partial charge < -0.3 is 5.32 Å². The number of nitro benzene ring substituents is 1. The van der Waals surface area contributed by atoms with Crippen molar-refractivity contribution in [3.8, 4) is 0 Å². The molecule has 24 heavy (non-hydrogen) atoms. The lowest BCUT2D eigenvalue weighted by atomic mass is 10.2. The second-order valence-corrected chi connectivity index (χ2v) is 7.23. The molecule has 0 fully saturated rings. The van der Waals surface area contributed by atoms with E-state index in [-0.39, 0.29) is 16.1 Å². The summed E-state index contributed by atoms with van der Waals surface area (Å²) < 4.78 is 25.0. The molecular formula is C15H15N3O5S. The molecule has 2 rings (SSSR count). The average molecular weight is 349 g/mol. The van der Waals surface area contributed by atoms with Gasteiger partial charge in [-0.3, -0.25) is 14.9 Å². The molecule has 8 nitrogen and oxygen atoms in total. The maximum absolute atomic E-state index is 12.1. The molecule has 0 heterocycles. The van der Waals surface area contributed by atoms with Crippen molar-refractivity contribution in [1.82, 2.24) is 4.31 Å². The molecular weight excluding hydrogens is 334 g/mol. The molecule has 0 saturated carbocycles. The van der Waals surface area contributed by atoms with Gasteiger partial charge in [0.05, 0.1) is 9.82 Å². The summed E-state index contributed by atoms with van der Waals surface area (Å²) in [6, 6.07) is 11.0. The molecule has 0 aromatic heterocycles. The smallest absolute Gasteiger partial charge is 0.270 e. The van der Waals surface area contributed by atoms with Crippen LogP contribution in [-0.2, 0) is 10.0 Å². The topological polar surface area (TPSA) is 110 Å². The molecule has 126 valence electrons. The van der Waals surface area contributed by atoms with E-state index in [1.807, 2.05) is 0 Å². The van der Waals surface area contributed by atoms with E-state index in [2.05, 4.69) is 5.32 Å². The summed E-state index contributed by atoms with van der Waals surface area (Å²) in [5.74, 6) is -0.526. The molecule has 0 bridgehead atoms. The van der Waals surface area contributed by atoms with Crippen molar-refractivity contribution >= 4 is 27.3 Å². The molecule has 0 radical (unpaired) electrons. The largest absolute Gasteiger partial charge is 0.322 e. The van der Waals surface area contributed by atoms with Gasteiger partial charge in [-0.25, -0.2) is 12.7 Å². The molecule has 0 aliphatic carbocycles. The molecule has 2 aromatic rings. The van der Waals surface area contributed by atoms with Gasteiger partial charge in [-0.1, -0.05) is 6.07 Å². The summed E-state index contributed by atoms with van der Waals surface area (Å²) in [5, 5.41) is 13.3. The standard InChI is InChI=1S/C15H15N3O5S/c1-17(2)24(22,23)14-8-6-12(7-9-14)16-15(19)11-4-3-5-13(10-11)18(20)21/h3-10H,1-2H3,(H,16,19). The molecule has 0 saturated heterocycles. The number of hydrogen-bond donors (Lipinski definition) is 1. The number of non-ortho nitro benzene ring substituents is 1. The molecule has 2 aromatic carbocycles. The number of anilines is 1. The van der Waals surface area contributed by atoms with Crippen molar-refractivity contribution < 1.29 is 18.1 Å². The van der Waals surface area contributed by atoms with E-state index < -0.39 is 20.9 Å². The summed E-state index contributed by atoms with van der Waals surface area (Å²) >= 11 is 0. The first kappa shape index (κ1) is 17.6. The first-order valence-corrected chi connectivity index (χ1v) is 8.24. The number of sulfonamides is 1. The lowest BCUT2D eigenvalue weighted by molar-refractivity contribution is -0.384. The van der Waals surface area contributed by atoms with Crippen LogP contribution >= 0.6 is 0 Å². The lowest BCUT2D eigenvalue weighted by Gasteiger charge is -2.12. The molecule has 0 unspecified atom stereocenters. The van der Waals surface area contributed by atoms with Crippen LogP contribution in [0.5, 0.6) is 0 Å². The number of amides is 1. The number of carbonyl (C=O) groups is 1. The zero-order valence-corrected chi connectivity index (χ0v) is 13.8. The van der Waals surface area contributed by atoms with Gasteiger partial charge in [0.25, 0.3) is 11.6 Å². The van der Waals surface area contributed by atoms with Crippen molar-refractivity contribution in [3.05, 3.63) is 64.2 Å². The lowest BCUT2D eigenvalue weighted by Crippen LogP contribution is -2.22. The maximum atomic E-state index is 12.1. The van der Waals surface area contributed by atoms with Gasteiger partial charge in [0.2, 0.25) is 10.0 Å². The fourth-order valence-electron chi connectivity index (χ4n) is 1.89. The van der Waals surface area contributed by atoms with Crippen LogP contribution in [0, 0.1) is 10.1 Å². The fraction of sp³-hybridized carbons (Fsp3) is 0.133. The number of carbonyl (C=O) groups excluding carboxylic acids is 1. The Morgan fingerprint density at radius 2 is 1.75 bits per heavy atom. The summed E-state index contributed by atoms with van der Waals surface area (Å²) in [4.78, 5) is 22.4. The molecule has 0 aliphatic heterocycles. The summed E-state index contributed by atoms with van der Waals surface area (Å²) in [7, 11) is -0.696. The Hall–Kier alpha value is -2.78. The highest BCUT2D eigenvalue weighted by Crippen LogP contribution is 2.18. The third-order valence-corrected chi connectivity index (χ3v) is 5.04. The molecule has 1 N–H and O–H groups in total. The predicted octanol–water partition coefficient (Wildman–Crippen LogP) is 2.10. The van der Waals surface area contributed by atoms with Crippen molar-refractivity contribution in [2.45, 2.75) is 4.90 Å². The van der Waals surface area contributed by atoms with Crippen LogP contribution in [0.15, 0.2) is 53.4 Å². The maximum Gasteiger partial charge on any atom is 0.270 e.